The lowest BCUT2D eigenvalue weighted by Crippen LogP contribution is -2.11. The minimum absolute atomic E-state index is 0.102. The SMILES string of the molecule is Cc1occc1C(N)c1cscc1Br. The van der Waals surface area contributed by atoms with Crippen LogP contribution in [0, 0.1) is 6.92 Å². The molecule has 2 aromatic heterocycles. The average Bonchev–Trinajstić information content (AvgIpc) is 2.73. The van der Waals surface area contributed by atoms with Gasteiger partial charge in [-0.1, -0.05) is 0 Å². The Morgan fingerprint density at radius 3 is 2.71 bits per heavy atom. The molecule has 0 aromatic carbocycles. The fourth-order valence-electron chi connectivity index (χ4n) is 1.40. The topological polar surface area (TPSA) is 39.2 Å². The van der Waals surface area contributed by atoms with E-state index in [2.05, 4.69) is 21.3 Å². The van der Waals surface area contributed by atoms with Crippen LogP contribution < -0.4 is 5.73 Å². The van der Waals surface area contributed by atoms with E-state index < -0.39 is 0 Å². The molecule has 2 heterocycles. The quantitative estimate of drug-likeness (QED) is 0.909. The summed E-state index contributed by atoms with van der Waals surface area (Å²) in [6, 6.07) is 1.82. The van der Waals surface area contributed by atoms with Gasteiger partial charge in [-0.25, -0.2) is 0 Å². The van der Waals surface area contributed by atoms with Gasteiger partial charge in [-0.15, -0.1) is 0 Å². The molecule has 2 nitrogen and oxygen atoms in total. The van der Waals surface area contributed by atoms with Gasteiger partial charge in [0.05, 0.1) is 12.3 Å². The summed E-state index contributed by atoms with van der Waals surface area (Å²) in [7, 11) is 0. The van der Waals surface area contributed by atoms with Crippen LogP contribution in [0.25, 0.3) is 0 Å². The zero-order valence-corrected chi connectivity index (χ0v) is 10.1. The number of thiophene rings is 1. The van der Waals surface area contributed by atoms with E-state index >= 15 is 0 Å². The van der Waals surface area contributed by atoms with Crippen molar-refractivity contribution in [1.29, 1.82) is 0 Å². The van der Waals surface area contributed by atoms with Crippen LogP contribution in [0.5, 0.6) is 0 Å². The summed E-state index contributed by atoms with van der Waals surface area (Å²) >= 11 is 5.12. The highest BCUT2D eigenvalue weighted by Gasteiger charge is 2.16. The lowest BCUT2D eigenvalue weighted by Gasteiger charge is -2.09. The molecule has 4 heteroatoms. The van der Waals surface area contributed by atoms with Gasteiger partial charge in [0.1, 0.15) is 5.76 Å². The van der Waals surface area contributed by atoms with Crippen LogP contribution in [0.4, 0.5) is 0 Å². The Labute approximate surface area is 94.9 Å². The lowest BCUT2D eigenvalue weighted by atomic mass is 10.0. The second-order valence-corrected chi connectivity index (χ2v) is 4.68. The van der Waals surface area contributed by atoms with Crippen molar-refractivity contribution in [3.8, 4) is 0 Å². The number of hydrogen-bond acceptors (Lipinski definition) is 3. The number of rotatable bonds is 2. The zero-order chi connectivity index (χ0) is 10.1. The first-order valence-corrected chi connectivity index (χ1v) is 5.95. The van der Waals surface area contributed by atoms with E-state index in [0.717, 1.165) is 21.4 Å². The average molecular weight is 272 g/mol. The Balaban J connectivity index is 2.38. The molecule has 14 heavy (non-hydrogen) atoms. The van der Waals surface area contributed by atoms with Crippen molar-refractivity contribution in [2.45, 2.75) is 13.0 Å². The lowest BCUT2D eigenvalue weighted by molar-refractivity contribution is 0.527. The maximum atomic E-state index is 6.12. The minimum Gasteiger partial charge on any atom is -0.469 e. The molecule has 2 N–H and O–H groups in total. The largest absolute Gasteiger partial charge is 0.469 e. The maximum Gasteiger partial charge on any atom is 0.105 e. The van der Waals surface area contributed by atoms with Crippen LogP contribution in [0.3, 0.4) is 0 Å². The van der Waals surface area contributed by atoms with E-state index in [-0.39, 0.29) is 6.04 Å². The molecule has 2 aromatic rings. The molecule has 0 saturated heterocycles. The highest BCUT2D eigenvalue weighted by molar-refractivity contribution is 9.10. The van der Waals surface area contributed by atoms with Crippen molar-refractivity contribution in [3.05, 3.63) is 44.4 Å². The van der Waals surface area contributed by atoms with E-state index in [1.807, 2.05) is 18.4 Å². The monoisotopic (exact) mass is 271 g/mol. The first kappa shape index (κ1) is 9.96. The summed E-state index contributed by atoms with van der Waals surface area (Å²) in [4.78, 5) is 0. The Morgan fingerprint density at radius 1 is 1.43 bits per heavy atom. The molecule has 0 saturated carbocycles. The highest BCUT2D eigenvalue weighted by Crippen LogP contribution is 2.31. The van der Waals surface area contributed by atoms with Gasteiger partial charge in [0.15, 0.2) is 0 Å². The van der Waals surface area contributed by atoms with Crippen LogP contribution >= 0.6 is 27.3 Å². The van der Waals surface area contributed by atoms with Gasteiger partial charge in [-0.2, -0.15) is 11.3 Å². The predicted octanol–water partition coefficient (Wildman–Crippen LogP) is 3.46. The highest BCUT2D eigenvalue weighted by atomic mass is 79.9. The smallest absolute Gasteiger partial charge is 0.105 e. The molecule has 1 atom stereocenters. The third kappa shape index (κ3) is 1.65. The van der Waals surface area contributed by atoms with E-state index in [9.17, 15) is 0 Å². The molecule has 0 bridgehead atoms. The second kappa shape index (κ2) is 3.88. The van der Waals surface area contributed by atoms with Gasteiger partial charge in [-0.05, 0) is 39.9 Å². The molecule has 0 radical (unpaired) electrons. The minimum atomic E-state index is -0.102. The summed E-state index contributed by atoms with van der Waals surface area (Å²) in [5, 5.41) is 4.09. The third-order valence-corrected chi connectivity index (χ3v) is 3.96. The van der Waals surface area contributed by atoms with Crippen LogP contribution in [-0.2, 0) is 0 Å². The van der Waals surface area contributed by atoms with Crippen LogP contribution in [0.15, 0.2) is 32.0 Å². The molecule has 0 aliphatic rings. The summed E-state index contributed by atoms with van der Waals surface area (Å²) in [6.45, 7) is 1.93. The predicted molar refractivity (Wildman–Crippen MR) is 61.5 cm³/mol. The van der Waals surface area contributed by atoms with Crippen molar-refractivity contribution in [2.24, 2.45) is 5.73 Å². The molecule has 0 aliphatic carbocycles. The van der Waals surface area contributed by atoms with Gasteiger partial charge in [0.2, 0.25) is 0 Å². The fourth-order valence-corrected chi connectivity index (χ4v) is 2.98. The molecule has 0 amide bonds. The summed E-state index contributed by atoms with van der Waals surface area (Å²) < 4.78 is 6.30. The van der Waals surface area contributed by atoms with Crippen molar-refractivity contribution < 1.29 is 4.42 Å². The van der Waals surface area contributed by atoms with Crippen molar-refractivity contribution in [3.63, 3.8) is 0 Å². The molecule has 2 rings (SSSR count). The van der Waals surface area contributed by atoms with Gasteiger partial charge in [-0.3, -0.25) is 0 Å². The van der Waals surface area contributed by atoms with Gasteiger partial charge in [0, 0.05) is 15.4 Å². The Hall–Kier alpha value is -0.580. The van der Waals surface area contributed by atoms with E-state index in [1.54, 1.807) is 17.6 Å². The third-order valence-electron chi connectivity index (χ3n) is 2.21. The van der Waals surface area contributed by atoms with E-state index in [0.29, 0.717) is 0 Å². The van der Waals surface area contributed by atoms with Crippen molar-refractivity contribution in [1.82, 2.24) is 0 Å². The van der Waals surface area contributed by atoms with Gasteiger partial charge < -0.3 is 10.2 Å². The number of aryl methyl sites for hydroxylation is 1. The maximum absolute atomic E-state index is 6.12. The van der Waals surface area contributed by atoms with E-state index in [4.69, 9.17) is 10.2 Å². The molecule has 74 valence electrons. The van der Waals surface area contributed by atoms with Gasteiger partial charge in [0.25, 0.3) is 0 Å². The van der Waals surface area contributed by atoms with E-state index in [1.165, 1.54) is 0 Å². The molecule has 0 spiro atoms. The fraction of sp³-hybridized carbons (Fsp3) is 0.200. The molecular weight excluding hydrogens is 262 g/mol. The second-order valence-electron chi connectivity index (χ2n) is 3.08. The van der Waals surface area contributed by atoms with Crippen LogP contribution in [0.2, 0.25) is 0 Å². The summed E-state index contributed by atoms with van der Waals surface area (Å²) in [6.07, 6.45) is 1.67. The Bertz CT molecular complexity index is 395. The first-order valence-electron chi connectivity index (χ1n) is 4.21. The molecular formula is C10H10BrNOS. The molecule has 0 aliphatic heterocycles. The molecule has 1 unspecified atom stereocenters. The van der Waals surface area contributed by atoms with Crippen molar-refractivity contribution in [2.75, 3.05) is 0 Å². The van der Waals surface area contributed by atoms with Crippen molar-refractivity contribution >= 4 is 27.3 Å². The first-order chi connectivity index (χ1) is 6.70. The summed E-state index contributed by atoms with van der Waals surface area (Å²) in [5.74, 6) is 0.885. The standard InChI is InChI=1S/C10H10BrNOS/c1-6-7(2-3-13-6)10(12)8-4-14-5-9(8)11/h2-5,10H,12H2,1H3. The van der Waals surface area contributed by atoms with Crippen LogP contribution in [0.1, 0.15) is 22.9 Å². The number of furan rings is 1. The number of halogens is 1. The number of nitrogens with two attached hydrogens (primary N) is 1. The molecule has 0 fully saturated rings. The Kier molecular flexibility index (Phi) is 2.76. The Morgan fingerprint density at radius 2 is 2.21 bits per heavy atom. The number of hydrogen-bond donors (Lipinski definition) is 1. The summed E-state index contributed by atoms with van der Waals surface area (Å²) in [5.41, 5.74) is 8.28. The normalized spacial score (nSPS) is 13.1. The van der Waals surface area contributed by atoms with Crippen LogP contribution in [-0.4, -0.2) is 0 Å². The zero-order valence-electron chi connectivity index (χ0n) is 7.66. The van der Waals surface area contributed by atoms with Gasteiger partial charge >= 0.3 is 0 Å².